The van der Waals surface area contributed by atoms with Gasteiger partial charge >= 0.3 is 0 Å². The van der Waals surface area contributed by atoms with Gasteiger partial charge in [-0.25, -0.2) is 0 Å². The summed E-state index contributed by atoms with van der Waals surface area (Å²) in [6.07, 6.45) is 0.484. The number of carbonyl (C=O) groups is 2. The number of Topliss-reactive ketones (excluding diaryl/α,β-unsaturated/α-hetero) is 2. The molecular formula is C12H11BrO3. The van der Waals surface area contributed by atoms with Crippen molar-refractivity contribution in [1.29, 1.82) is 0 Å². The third kappa shape index (κ3) is 1.83. The number of ether oxygens (including phenoxy) is 1. The Bertz CT molecular complexity index is 454. The van der Waals surface area contributed by atoms with E-state index >= 15 is 0 Å². The van der Waals surface area contributed by atoms with Gasteiger partial charge in [-0.15, -0.1) is 0 Å². The zero-order chi connectivity index (χ0) is 11.7. The molecule has 1 aliphatic rings. The molecule has 0 amide bonds. The Morgan fingerprint density at radius 1 is 1.56 bits per heavy atom. The van der Waals surface area contributed by atoms with E-state index in [4.69, 9.17) is 4.74 Å². The van der Waals surface area contributed by atoms with Gasteiger partial charge in [0.05, 0.1) is 5.92 Å². The third-order valence-electron chi connectivity index (χ3n) is 2.78. The topological polar surface area (TPSA) is 43.4 Å². The molecule has 1 unspecified atom stereocenters. The first kappa shape index (κ1) is 11.5. The molecule has 0 heterocycles. The smallest absolute Gasteiger partial charge is 0.174 e. The number of benzene rings is 1. The molecule has 0 N–H and O–H groups in total. The van der Waals surface area contributed by atoms with Crippen LogP contribution in [-0.2, 0) is 16.0 Å². The second-order valence-corrected chi connectivity index (χ2v) is 4.64. The quantitative estimate of drug-likeness (QED) is 0.797. The van der Waals surface area contributed by atoms with Crippen LogP contribution in [0.3, 0.4) is 0 Å². The van der Waals surface area contributed by atoms with Gasteiger partial charge in [0.2, 0.25) is 0 Å². The van der Waals surface area contributed by atoms with Crippen molar-refractivity contribution in [3.63, 3.8) is 0 Å². The Morgan fingerprint density at radius 2 is 2.31 bits per heavy atom. The van der Waals surface area contributed by atoms with Crippen LogP contribution in [0.5, 0.6) is 0 Å². The lowest BCUT2D eigenvalue weighted by atomic mass is 10.0. The molecule has 0 aromatic heterocycles. The molecule has 2 rings (SSSR count). The molecule has 0 bridgehead atoms. The van der Waals surface area contributed by atoms with Crippen LogP contribution in [0.2, 0.25) is 0 Å². The Kier molecular flexibility index (Phi) is 3.21. The lowest BCUT2D eigenvalue weighted by molar-refractivity contribution is -0.124. The molecule has 1 atom stereocenters. The van der Waals surface area contributed by atoms with Gasteiger partial charge < -0.3 is 4.74 Å². The Hall–Kier alpha value is -1.00. The molecule has 1 aromatic carbocycles. The molecule has 0 saturated carbocycles. The molecule has 0 spiro atoms. The predicted molar refractivity (Wildman–Crippen MR) is 62.5 cm³/mol. The average molecular weight is 283 g/mol. The third-order valence-corrected chi connectivity index (χ3v) is 3.53. The molecule has 0 fully saturated rings. The van der Waals surface area contributed by atoms with E-state index in [2.05, 4.69) is 15.9 Å². The summed E-state index contributed by atoms with van der Waals surface area (Å²) in [6.45, 7) is 0.00200. The van der Waals surface area contributed by atoms with E-state index in [0.717, 1.165) is 10.0 Å². The van der Waals surface area contributed by atoms with Crippen molar-refractivity contribution in [2.24, 2.45) is 5.92 Å². The van der Waals surface area contributed by atoms with Gasteiger partial charge in [0.15, 0.2) is 11.6 Å². The van der Waals surface area contributed by atoms with E-state index < -0.39 is 5.92 Å². The molecule has 16 heavy (non-hydrogen) atoms. The Balaban J connectivity index is 2.31. The largest absolute Gasteiger partial charge is 0.377 e. The molecule has 0 radical (unpaired) electrons. The normalized spacial score (nSPS) is 18.6. The van der Waals surface area contributed by atoms with Gasteiger partial charge in [0.25, 0.3) is 0 Å². The van der Waals surface area contributed by atoms with Crippen LogP contribution in [0, 0.1) is 5.92 Å². The van der Waals surface area contributed by atoms with Crippen LogP contribution in [0.15, 0.2) is 22.7 Å². The van der Waals surface area contributed by atoms with Gasteiger partial charge in [-0.1, -0.05) is 28.1 Å². The van der Waals surface area contributed by atoms with Gasteiger partial charge in [-0.05, 0) is 18.1 Å². The molecule has 4 heteroatoms. The van der Waals surface area contributed by atoms with Crippen molar-refractivity contribution in [2.75, 3.05) is 13.7 Å². The molecule has 1 aromatic rings. The Morgan fingerprint density at radius 3 is 2.94 bits per heavy atom. The number of hydrogen-bond acceptors (Lipinski definition) is 3. The number of hydrogen-bond donors (Lipinski definition) is 0. The summed E-state index contributed by atoms with van der Waals surface area (Å²) in [7, 11) is 1.46. The fourth-order valence-corrected chi connectivity index (χ4v) is 2.51. The first-order valence-corrected chi connectivity index (χ1v) is 5.77. The SMILES string of the molecule is COCC(=O)C1Cc2c(Br)cccc2C1=O. The molecule has 1 aliphatic carbocycles. The summed E-state index contributed by atoms with van der Waals surface area (Å²) < 4.78 is 5.67. The van der Waals surface area contributed by atoms with Gasteiger partial charge in [0.1, 0.15) is 6.61 Å². The summed E-state index contributed by atoms with van der Waals surface area (Å²) in [4.78, 5) is 23.6. The van der Waals surface area contributed by atoms with E-state index in [1.165, 1.54) is 7.11 Å². The van der Waals surface area contributed by atoms with E-state index in [1.807, 2.05) is 12.1 Å². The van der Waals surface area contributed by atoms with Gasteiger partial charge in [-0.2, -0.15) is 0 Å². The summed E-state index contributed by atoms with van der Waals surface area (Å²) >= 11 is 3.40. The highest BCUT2D eigenvalue weighted by Gasteiger charge is 2.36. The minimum Gasteiger partial charge on any atom is -0.377 e. The maximum absolute atomic E-state index is 12.0. The van der Waals surface area contributed by atoms with Crippen LogP contribution in [0.25, 0.3) is 0 Å². The summed E-state index contributed by atoms with van der Waals surface area (Å²) in [5, 5.41) is 0. The van der Waals surface area contributed by atoms with Crippen molar-refractivity contribution in [1.82, 2.24) is 0 Å². The average Bonchev–Trinajstić information content (AvgIpc) is 2.59. The zero-order valence-electron chi connectivity index (χ0n) is 8.83. The predicted octanol–water partition coefficient (Wildman–Crippen LogP) is 2.02. The summed E-state index contributed by atoms with van der Waals surface area (Å²) in [5.41, 5.74) is 1.59. The highest BCUT2D eigenvalue weighted by atomic mass is 79.9. The van der Waals surface area contributed by atoms with Gasteiger partial charge in [-0.3, -0.25) is 9.59 Å². The minimum atomic E-state index is -0.561. The lowest BCUT2D eigenvalue weighted by Crippen LogP contribution is -2.24. The number of halogens is 1. The summed E-state index contributed by atoms with van der Waals surface area (Å²) in [5.74, 6) is -0.789. The van der Waals surface area contributed by atoms with Crippen molar-refractivity contribution in [3.05, 3.63) is 33.8 Å². The first-order chi connectivity index (χ1) is 7.65. The molecular weight excluding hydrogens is 272 g/mol. The van der Waals surface area contributed by atoms with Crippen molar-refractivity contribution < 1.29 is 14.3 Å². The zero-order valence-corrected chi connectivity index (χ0v) is 10.4. The van der Waals surface area contributed by atoms with E-state index in [0.29, 0.717) is 12.0 Å². The molecule has 0 aliphatic heterocycles. The van der Waals surface area contributed by atoms with Crippen LogP contribution >= 0.6 is 15.9 Å². The highest BCUT2D eigenvalue weighted by molar-refractivity contribution is 9.10. The monoisotopic (exact) mass is 282 g/mol. The highest BCUT2D eigenvalue weighted by Crippen LogP contribution is 2.32. The van der Waals surface area contributed by atoms with Gasteiger partial charge in [0, 0.05) is 17.1 Å². The number of methoxy groups -OCH3 is 1. The molecule has 84 valence electrons. The van der Waals surface area contributed by atoms with Crippen LogP contribution < -0.4 is 0 Å². The lowest BCUT2D eigenvalue weighted by Gasteiger charge is -2.04. The summed E-state index contributed by atoms with van der Waals surface area (Å²) in [6, 6.07) is 5.46. The fraction of sp³-hybridized carbons (Fsp3) is 0.333. The van der Waals surface area contributed by atoms with Crippen LogP contribution in [0.4, 0.5) is 0 Å². The van der Waals surface area contributed by atoms with Crippen LogP contribution in [0.1, 0.15) is 15.9 Å². The van der Waals surface area contributed by atoms with Crippen LogP contribution in [-0.4, -0.2) is 25.3 Å². The molecule has 3 nitrogen and oxygen atoms in total. The second kappa shape index (κ2) is 4.47. The van der Waals surface area contributed by atoms with E-state index in [9.17, 15) is 9.59 Å². The standard InChI is InChI=1S/C12H11BrO3/c1-16-6-11(14)9-5-8-7(12(9)15)3-2-4-10(8)13/h2-4,9H,5-6H2,1H3. The number of fused-ring (bicyclic) bond motifs is 1. The molecule has 0 saturated heterocycles. The maximum Gasteiger partial charge on any atom is 0.174 e. The van der Waals surface area contributed by atoms with Crippen molar-refractivity contribution >= 4 is 27.5 Å². The van der Waals surface area contributed by atoms with Crippen molar-refractivity contribution in [3.8, 4) is 0 Å². The van der Waals surface area contributed by atoms with E-state index in [-0.39, 0.29) is 18.2 Å². The number of carbonyl (C=O) groups excluding carboxylic acids is 2. The number of ketones is 2. The van der Waals surface area contributed by atoms with Crippen molar-refractivity contribution in [2.45, 2.75) is 6.42 Å². The minimum absolute atomic E-state index is 0.00200. The number of rotatable bonds is 3. The fourth-order valence-electron chi connectivity index (χ4n) is 1.98. The maximum atomic E-state index is 12.0. The second-order valence-electron chi connectivity index (χ2n) is 3.79. The Labute approximate surface area is 102 Å². The van der Waals surface area contributed by atoms with E-state index in [1.54, 1.807) is 6.07 Å². The first-order valence-electron chi connectivity index (χ1n) is 4.98.